The zero-order valence-electron chi connectivity index (χ0n) is 57.2. The fraction of sp³-hybridized carbons (Fsp3) is 0.342. The van der Waals surface area contributed by atoms with E-state index in [1.165, 1.54) is 146 Å². The Morgan fingerprint density at radius 2 is 0.761 bits per heavy atom. The van der Waals surface area contributed by atoms with Crippen LogP contribution in [-0.4, -0.2) is 207 Å². The van der Waals surface area contributed by atoms with Gasteiger partial charge in [-0.1, -0.05) is 173 Å². The third kappa shape index (κ3) is 22.0. The Morgan fingerprint density at radius 1 is 0.394 bits per heavy atom. The summed E-state index contributed by atoms with van der Waals surface area (Å²) in [5.41, 5.74) is -2.93. The van der Waals surface area contributed by atoms with Crippen molar-refractivity contribution in [2.24, 2.45) is 0 Å². The van der Waals surface area contributed by atoms with Gasteiger partial charge in [-0.3, -0.25) is 28.9 Å². The molecule has 576 valence electrons. The molecule has 0 saturated carbocycles. The summed E-state index contributed by atoms with van der Waals surface area (Å²) in [6.45, 7) is -1.67. The number of benzene rings is 6. The van der Waals surface area contributed by atoms with E-state index in [0.29, 0.717) is 16.7 Å². The van der Waals surface area contributed by atoms with Crippen LogP contribution in [0.25, 0.3) is 0 Å². The number of imide groups is 1. The summed E-state index contributed by atoms with van der Waals surface area (Å²) in [5, 5.41) is 3.28. The molecule has 0 spiro atoms. The first-order valence-corrected chi connectivity index (χ1v) is 36.2. The Labute approximate surface area is 655 Å². The molecule has 0 radical (unpaired) electrons. The predicted molar refractivity (Wildman–Crippen MR) is 384 cm³/mol. The fourth-order valence-corrected chi connectivity index (χ4v) is 13.7. The second kappa shape index (κ2) is 37.4. The molecule has 10 rings (SSSR count). The SMILES string of the molecule is CC(=O)OC[C@H]1O[C@@H](S[C@H]2[C@H](OC(=O)c3ccccc3)[C@@H](NC(=O)OCC(Cl)(Cl)Cl)[C@@H](OC(C)=O)O[C@@H]2COC(C)=O)[C@H](NC(=O)OCC(Cl)(Cl)Cl)[C@@H](OC(=O)c2ccccc2)[C@@H]1O[C@@H]1O[C@H](COC(=O)c2ccccc2)[C@@H](OC(=O)c2ccccc2)[C@H](OC(=O)c2ccccc2)[C@H]1N1C(=O)c2ccccc2C1=O. The van der Waals surface area contributed by atoms with Gasteiger partial charge in [0.05, 0.1) is 44.2 Å². The largest absolute Gasteiger partial charge is 0.463 e. The molecule has 4 aliphatic rings. The molecular formula is C73H65Cl6N3O26S. The quantitative estimate of drug-likeness (QED) is 0.0233. The van der Waals surface area contributed by atoms with E-state index in [4.69, 9.17) is 136 Å². The maximum absolute atomic E-state index is 15.4. The minimum absolute atomic E-state index is 0.00240. The van der Waals surface area contributed by atoms with Gasteiger partial charge in [0.1, 0.15) is 87.1 Å². The molecule has 0 unspecified atom stereocenters. The van der Waals surface area contributed by atoms with Crippen LogP contribution in [0.2, 0.25) is 0 Å². The van der Waals surface area contributed by atoms with Crippen molar-refractivity contribution < 1.29 is 124 Å². The molecule has 3 saturated heterocycles. The van der Waals surface area contributed by atoms with E-state index >= 15 is 14.4 Å². The monoisotopic (exact) mass is 1640 g/mol. The number of hydrogen-bond donors (Lipinski definition) is 2. The maximum atomic E-state index is 15.4. The highest BCUT2D eigenvalue weighted by Gasteiger charge is 2.62. The zero-order chi connectivity index (χ0) is 78.3. The van der Waals surface area contributed by atoms with Crippen molar-refractivity contribution in [1.82, 2.24) is 15.5 Å². The molecule has 36 heteroatoms. The summed E-state index contributed by atoms with van der Waals surface area (Å²) < 4.78 is 82.0. The molecule has 109 heavy (non-hydrogen) atoms. The number of carbonyl (C=O) groups is 12. The minimum atomic E-state index is -2.39. The number of rotatable bonds is 25. The van der Waals surface area contributed by atoms with Gasteiger partial charge in [-0.05, 0) is 72.8 Å². The Kier molecular flexibility index (Phi) is 28.2. The van der Waals surface area contributed by atoms with Crippen LogP contribution < -0.4 is 10.6 Å². The first-order chi connectivity index (χ1) is 52.0. The number of nitrogens with one attached hydrogen (secondary N) is 2. The number of esters is 8. The number of ether oxygens (including phenoxy) is 14. The first-order valence-electron chi connectivity index (χ1n) is 32.9. The van der Waals surface area contributed by atoms with Crippen LogP contribution in [0.15, 0.2) is 176 Å². The summed E-state index contributed by atoms with van der Waals surface area (Å²) >= 11 is 36.8. The van der Waals surface area contributed by atoms with Crippen molar-refractivity contribution in [1.29, 1.82) is 0 Å². The molecule has 2 N–H and O–H groups in total. The zero-order valence-corrected chi connectivity index (χ0v) is 62.5. The lowest BCUT2D eigenvalue weighted by Gasteiger charge is -2.51. The van der Waals surface area contributed by atoms with E-state index in [0.717, 1.165) is 20.8 Å². The number of nitrogens with zero attached hydrogens (tertiary/aromatic N) is 1. The molecule has 0 aromatic heterocycles. The second-order valence-electron chi connectivity index (χ2n) is 24.2. The van der Waals surface area contributed by atoms with Gasteiger partial charge in [0, 0.05) is 20.8 Å². The van der Waals surface area contributed by atoms with E-state index in [1.54, 1.807) is 30.3 Å². The summed E-state index contributed by atoms with van der Waals surface area (Å²) in [6.07, 6.45) is -23.5. The maximum Gasteiger partial charge on any atom is 0.407 e. The van der Waals surface area contributed by atoms with Gasteiger partial charge >= 0.3 is 59.9 Å². The predicted octanol–water partition coefficient (Wildman–Crippen LogP) is 9.69. The highest BCUT2D eigenvalue weighted by atomic mass is 35.6. The van der Waals surface area contributed by atoms with Crippen LogP contribution in [0.5, 0.6) is 0 Å². The van der Waals surface area contributed by atoms with Crippen molar-refractivity contribution in [3.63, 3.8) is 0 Å². The highest BCUT2D eigenvalue weighted by Crippen LogP contribution is 2.44. The molecule has 3 fully saturated rings. The van der Waals surface area contributed by atoms with E-state index < -0.39 is 203 Å². The Bertz CT molecular complexity index is 4230. The first kappa shape index (κ1) is 82.2. The van der Waals surface area contributed by atoms with E-state index in [1.807, 2.05) is 0 Å². The number of alkyl carbamates (subject to hydrolysis) is 2. The Morgan fingerprint density at radius 3 is 1.19 bits per heavy atom. The molecule has 6 aromatic rings. The van der Waals surface area contributed by atoms with Crippen molar-refractivity contribution in [2.75, 3.05) is 33.0 Å². The minimum Gasteiger partial charge on any atom is -0.463 e. The molecule has 0 aliphatic carbocycles. The summed E-state index contributed by atoms with van der Waals surface area (Å²) in [7, 11) is 0. The lowest BCUT2D eigenvalue weighted by atomic mass is 9.93. The molecule has 15 atom stereocenters. The molecule has 29 nitrogen and oxygen atoms in total. The highest BCUT2D eigenvalue weighted by molar-refractivity contribution is 8.00. The fourth-order valence-electron chi connectivity index (χ4n) is 11.8. The second-order valence-corrected chi connectivity index (χ2v) is 30.5. The smallest absolute Gasteiger partial charge is 0.407 e. The number of hydrogen-bond acceptors (Lipinski definition) is 27. The van der Waals surface area contributed by atoms with Gasteiger partial charge in [0.2, 0.25) is 13.9 Å². The Hall–Kier alpha value is -9.31. The third-order valence-corrected chi connectivity index (χ3v) is 18.7. The van der Waals surface area contributed by atoms with Crippen LogP contribution in [0.4, 0.5) is 9.59 Å². The van der Waals surface area contributed by atoms with Crippen molar-refractivity contribution in [3.05, 3.63) is 215 Å². The normalized spacial score (nSPS) is 24.4. The molecule has 4 aliphatic heterocycles. The number of carbonyl (C=O) groups excluding carboxylic acids is 12. The van der Waals surface area contributed by atoms with Crippen LogP contribution in [0.3, 0.4) is 0 Å². The van der Waals surface area contributed by atoms with Crippen LogP contribution in [0.1, 0.15) is 93.3 Å². The van der Waals surface area contributed by atoms with E-state index in [2.05, 4.69) is 10.6 Å². The summed E-state index contributed by atoms with van der Waals surface area (Å²) in [6, 6.07) is 35.8. The number of fused-ring (bicyclic) bond motifs is 1. The third-order valence-electron chi connectivity index (χ3n) is 16.5. The van der Waals surface area contributed by atoms with Gasteiger partial charge < -0.3 is 76.9 Å². The van der Waals surface area contributed by atoms with E-state index in [9.17, 15) is 43.2 Å². The van der Waals surface area contributed by atoms with Gasteiger partial charge in [0.25, 0.3) is 11.8 Å². The molecule has 4 amide bonds. The van der Waals surface area contributed by atoms with Gasteiger partial charge in [-0.2, -0.15) is 0 Å². The van der Waals surface area contributed by atoms with Crippen molar-refractivity contribution >= 4 is 153 Å². The average Bonchev–Trinajstić information content (AvgIpc) is 1.73. The van der Waals surface area contributed by atoms with Gasteiger partial charge in [-0.25, -0.2) is 33.6 Å². The average molecular weight is 1650 g/mol. The lowest BCUT2D eigenvalue weighted by molar-refractivity contribution is -0.315. The van der Waals surface area contributed by atoms with Crippen LogP contribution in [-0.2, 0) is 80.7 Å². The van der Waals surface area contributed by atoms with Gasteiger partial charge in [-0.15, -0.1) is 11.8 Å². The summed E-state index contributed by atoms with van der Waals surface area (Å²) in [5.74, 6) is -10.8. The number of halogens is 6. The standard InChI is InChI=1S/C73H65Cl6N3O26S/c1-38(83)95-33-49-54(108-68-53(82-60(86)46-31-19-20-32-47(46)61(82)87)58(107-66(92)45-29-17-8-18-30-45)55(104-63(89)42-23-11-5-12-24-42)48(101-68)34-97-62(88)41-21-9-4-10-22-41)56(105-64(90)43-25-13-6-14-26-43)52(81-71(94)99-37-73(77,78)79)69(103-49)109-59-50(35-96-39(2)84)102-67(100-40(3)85)51(80-70(93)98-36-72(74,75)76)57(59)106-65(91)44-27-15-7-16-28-44/h4-32,48-59,67-69H,33-37H2,1-3H3,(H,80,93)(H,81,94)/t48-,49-,50-,51-,52-,53-,54-,55-,56-,57-,58-,59-,67+,68+,69+/m1/s1. The number of thioether (sulfide) groups is 1. The number of alkyl halides is 6. The van der Waals surface area contributed by atoms with E-state index in [-0.39, 0.29) is 38.9 Å². The molecule has 6 aromatic carbocycles. The number of amides is 4. The van der Waals surface area contributed by atoms with Gasteiger partial charge in [0.15, 0.2) is 24.6 Å². The van der Waals surface area contributed by atoms with Crippen molar-refractivity contribution in [2.45, 2.75) is 119 Å². The van der Waals surface area contributed by atoms with Crippen LogP contribution >= 0.6 is 81.4 Å². The van der Waals surface area contributed by atoms with Crippen molar-refractivity contribution in [3.8, 4) is 0 Å². The Balaban J connectivity index is 1.19. The van der Waals surface area contributed by atoms with Crippen LogP contribution in [0, 0.1) is 0 Å². The molecule has 0 bridgehead atoms. The summed E-state index contributed by atoms with van der Waals surface area (Å²) in [4.78, 5) is 173. The topological polar surface area (TPSA) is 361 Å². The molecule has 4 heterocycles. The lowest BCUT2D eigenvalue weighted by Crippen LogP contribution is -2.71. The molecular weight excluding hydrogens is 1580 g/mol.